The Balaban J connectivity index is 1.48. The first-order valence-electron chi connectivity index (χ1n) is 16.3. The molecule has 0 aliphatic heterocycles. The Hall–Kier alpha value is -1.89. The molecule has 4 fully saturated rings. The number of aliphatic hydroxyl groups excluding tert-OH is 3. The minimum Gasteiger partial charge on any atom is -0.493 e. The first kappa shape index (κ1) is 33.5. The quantitative estimate of drug-likeness (QED) is 0.238. The predicted molar refractivity (Wildman–Crippen MR) is 175 cm³/mol. The number of halogens is 1. The van der Waals surface area contributed by atoms with Crippen molar-refractivity contribution in [2.75, 3.05) is 26.8 Å². The molecule has 6 atom stereocenters. The number of methoxy groups -OCH3 is 1. The zero-order valence-electron chi connectivity index (χ0n) is 26.3. The van der Waals surface area contributed by atoms with Crippen LogP contribution in [0.5, 0.6) is 11.5 Å². The Morgan fingerprint density at radius 1 is 1.14 bits per heavy atom. The van der Waals surface area contributed by atoms with Crippen molar-refractivity contribution < 1.29 is 34.4 Å². The summed E-state index contributed by atoms with van der Waals surface area (Å²) in [6, 6.07) is 2.84. The van der Waals surface area contributed by atoms with Gasteiger partial charge < -0.3 is 35.0 Å². The third kappa shape index (κ3) is 6.93. The first-order chi connectivity index (χ1) is 21.1. The fourth-order valence-corrected chi connectivity index (χ4v) is 9.12. The third-order valence-electron chi connectivity index (χ3n) is 11.0. The second-order valence-electron chi connectivity index (χ2n) is 13.9. The Bertz CT molecular complexity index is 1230. The van der Waals surface area contributed by atoms with Gasteiger partial charge in [-0.1, -0.05) is 26.7 Å². The lowest BCUT2D eigenvalue weighted by Crippen LogP contribution is -2.59. The van der Waals surface area contributed by atoms with Gasteiger partial charge in [0.15, 0.2) is 11.5 Å². The van der Waals surface area contributed by atoms with E-state index in [4.69, 9.17) is 9.47 Å². The molecule has 2 bridgehead atoms. The summed E-state index contributed by atoms with van der Waals surface area (Å²) in [6.07, 6.45) is 8.12. The van der Waals surface area contributed by atoms with Crippen LogP contribution in [-0.2, 0) is 16.2 Å². The predicted octanol–water partition coefficient (Wildman–Crippen LogP) is 4.19. The molecule has 0 aromatic heterocycles. The molecule has 4 N–H and O–H groups in total. The molecule has 6 unspecified atom stereocenters. The van der Waals surface area contributed by atoms with E-state index >= 15 is 0 Å². The smallest absolute Gasteiger partial charge is 0.247 e. The van der Waals surface area contributed by atoms with Crippen molar-refractivity contribution in [3.8, 4) is 11.5 Å². The van der Waals surface area contributed by atoms with Gasteiger partial charge in [0, 0.05) is 31.5 Å². The Morgan fingerprint density at radius 2 is 1.89 bits per heavy atom. The summed E-state index contributed by atoms with van der Waals surface area (Å²) < 4.78 is 12.7. The summed E-state index contributed by atoms with van der Waals surface area (Å²) in [5.74, 6) is 2.50. The number of carbonyl (C=O) groups excluding carboxylic acids is 2. The van der Waals surface area contributed by atoms with E-state index in [1.807, 2.05) is 4.90 Å². The fourth-order valence-electron chi connectivity index (χ4n) is 8.33. The highest BCUT2D eigenvalue weighted by Gasteiger charge is 2.55. The molecule has 244 valence electrons. The summed E-state index contributed by atoms with van der Waals surface area (Å²) in [5.41, 5.74) is 1.34. The number of rotatable bonds is 12. The van der Waals surface area contributed by atoms with E-state index < -0.39 is 18.2 Å². The van der Waals surface area contributed by atoms with Crippen LogP contribution < -0.4 is 14.8 Å². The van der Waals surface area contributed by atoms with E-state index in [1.54, 1.807) is 18.2 Å². The van der Waals surface area contributed by atoms with Crippen molar-refractivity contribution in [3.63, 3.8) is 0 Å². The molecule has 0 heterocycles. The van der Waals surface area contributed by atoms with Gasteiger partial charge in [0.25, 0.3) is 0 Å². The molecule has 0 spiro atoms. The van der Waals surface area contributed by atoms with Crippen molar-refractivity contribution >= 4 is 34.4 Å². The minimum absolute atomic E-state index is 0.0513. The number of nitrogens with one attached hydrogen (secondary N) is 1. The molecule has 0 radical (unpaired) electrons. The van der Waals surface area contributed by atoms with Gasteiger partial charge in [0.05, 0.1) is 29.9 Å². The van der Waals surface area contributed by atoms with Gasteiger partial charge in [-0.2, -0.15) is 0 Å². The topological polar surface area (TPSA) is 129 Å². The maximum atomic E-state index is 14.2. The van der Waals surface area contributed by atoms with Crippen molar-refractivity contribution in [1.29, 1.82) is 0 Å². The van der Waals surface area contributed by atoms with Crippen molar-refractivity contribution in [3.05, 3.63) is 32.9 Å². The van der Waals surface area contributed by atoms with Gasteiger partial charge in [0.1, 0.15) is 12.2 Å². The molecule has 5 aliphatic rings. The van der Waals surface area contributed by atoms with Gasteiger partial charge >= 0.3 is 0 Å². The average Bonchev–Trinajstić information content (AvgIpc) is 3.53. The lowest BCUT2D eigenvalue weighted by Gasteiger charge is -2.61. The molecule has 0 saturated heterocycles. The van der Waals surface area contributed by atoms with Gasteiger partial charge in [-0.15, -0.1) is 0 Å². The van der Waals surface area contributed by atoms with Gasteiger partial charge in [-0.05, 0) is 108 Å². The largest absolute Gasteiger partial charge is 0.493 e. The summed E-state index contributed by atoms with van der Waals surface area (Å²) in [6.45, 7) is 5.03. The van der Waals surface area contributed by atoms with E-state index in [-0.39, 0.29) is 43.4 Å². The van der Waals surface area contributed by atoms with Crippen LogP contribution in [0.2, 0.25) is 0 Å². The van der Waals surface area contributed by atoms with Crippen molar-refractivity contribution in [2.45, 2.75) is 96.5 Å². The van der Waals surface area contributed by atoms with Crippen LogP contribution in [0.4, 0.5) is 0 Å². The summed E-state index contributed by atoms with van der Waals surface area (Å²) in [5, 5.41) is 33.8. The number of aliphatic hydroxyl groups is 3. The second-order valence-corrected chi connectivity index (χ2v) is 15.0. The lowest BCUT2D eigenvalue weighted by atomic mass is 9.45. The number of nitrogens with zero attached hydrogens (tertiary/aromatic N) is 1. The number of hydrogen-bond acceptors (Lipinski definition) is 7. The summed E-state index contributed by atoms with van der Waals surface area (Å²) in [4.78, 5) is 29.4. The summed E-state index contributed by atoms with van der Waals surface area (Å²) in [7, 11) is 1.52. The van der Waals surface area contributed by atoms with Crippen LogP contribution in [0.1, 0.15) is 77.2 Å². The van der Waals surface area contributed by atoms with E-state index in [0.717, 1.165) is 44.4 Å². The van der Waals surface area contributed by atoms with E-state index in [0.29, 0.717) is 56.9 Å². The number of benzene rings is 1. The van der Waals surface area contributed by atoms with Crippen molar-refractivity contribution in [2.24, 2.45) is 29.1 Å². The Labute approximate surface area is 274 Å². The highest BCUT2D eigenvalue weighted by Crippen LogP contribution is 2.61. The van der Waals surface area contributed by atoms with Crippen LogP contribution in [0, 0.1) is 32.7 Å². The molecule has 1 aromatic rings. The zero-order valence-corrected chi connectivity index (χ0v) is 28.4. The van der Waals surface area contributed by atoms with E-state index in [1.165, 1.54) is 13.5 Å². The van der Waals surface area contributed by atoms with Gasteiger partial charge in [-0.25, -0.2) is 0 Å². The number of carbonyl (C=O) groups is 2. The Morgan fingerprint density at radius 3 is 2.52 bits per heavy atom. The molecule has 2 amide bonds. The molecular weight excluding hydrogens is 675 g/mol. The van der Waals surface area contributed by atoms with Crippen LogP contribution in [-0.4, -0.2) is 77.1 Å². The maximum Gasteiger partial charge on any atom is 0.247 e. The van der Waals surface area contributed by atoms with Crippen LogP contribution >= 0.6 is 22.6 Å². The molecule has 6 rings (SSSR count). The number of fused-ring (bicyclic) bond motifs is 2. The summed E-state index contributed by atoms with van der Waals surface area (Å²) >= 11 is 2.11. The minimum atomic E-state index is -1.08. The van der Waals surface area contributed by atoms with Gasteiger partial charge in [0.2, 0.25) is 11.8 Å². The van der Waals surface area contributed by atoms with E-state index in [9.17, 15) is 24.9 Å². The lowest BCUT2D eigenvalue weighted by molar-refractivity contribution is -0.149. The van der Waals surface area contributed by atoms with Crippen molar-refractivity contribution in [1.82, 2.24) is 10.2 Å². The monoisotopic (exact) mass is 724 g/mol. The Kier molecular flexibility index (Phi) is 10.8. The van der Waals surface area contributed by atoms with Crippen LogP contribution in [0.15, 0.2) is 23.8 Å². The third-order valence-corrected chi connectivity index (χ3v) is 11.8. The number of amides is 2. The highest BCUT2D eigenvalue weighted by atomic mass is 127. The molecule has 44 heavy (non-hydrogen) atoms. The van der Waals surface area contributed by atoms with Crippen LogP contribution in [0.25, 0.3) is 0 Å². The molecular formula is C34H49IN2O7. The molecule has 5 aliphatic carbocycles. The average molecular weight is 725 g/mol. The first-order valence-corrected chi connectivity index (χ1v) is 17.4. The normalized spacial score (nSPS) is 29.4. The molecule has 4 saturated carbocycles. The standard InChI is InChI=1S/C34H49IN2O7/c1-34(2)24-9-8-22(25(34)17-24)18-37(30(40)14-20-6-4-5-7-20)27-15-23(33(42)36-10-11-38)16-28(31(27)41)44-32-26(35)12-21(19-39)13-29(32)43-3/h12-13,16,20,22,24-25,27-28,31,38-39,41H,4-11,14-15,17-19H2,1-3H3,(H,36,42). The zero-order chi connectivity index (χ0) is 31.6. The van der Waals surface area contributed by atoms with Gasteiger partial charge in [-0.3, -0.25) is 9.59 Å². The maximum absolute atomic E-state index is 14.2. The SMILES string of the molecule is COc1cc(CO)cc(I)c1OC1C=C(C(=O)NCCO)CC(N(CC2CCC3CC2C3(C)C)C(=O)CC2CCCC2)C1O. The number of hydrogen-bond donors (Lipinski definition) is 4. The highest BCUT2D eigenvalue weighted by molar-refractivity contribution is 14.1. The second kappa shape index (κ2) is 14.3. The molecule has 10 heteroatoms. The van der Waals surface area contributed by atoms with E-state index in [2.05, 4.69) is 41.8 Å². The molecule has 9 nitrogen and oxygen atoms in total. The van der Waals surface area contributed by atoms with Crippen LogP contribution in [0.3, 0.4) is 0 Å². The fraction of sp³-hybridized carbons (Fsp3) is 0.706. The number of ether oxygens (including phenoxy) is 2. The molecule has 1 aromatic carbocycles.